The number of hydrogen-bond donors (Lipinski definition) is 2. The molecule has 1 fully saturated rings. The molecule has 192 valence electrons. The summed E-state index contributed by atoms with van der Waals surface area (Å²) < 4.78 is 16.4. The van der Waals surface area contributed by atoms with Gasteiger partial charge < -0.3 is 20.0 Å². The molecule has 0 spiro atoms. The van der Waals surface area contributed by atoms with Crippen molar-refractivity contribution in [2.45, 2.75) is 5.92 Å². The maximum atomic E-state index is 14.7. The smallest absolute Gasteiger partial charge is 0.322 e. The second-order valence-electron chi connectivity index (χ2n) is 8.87. The molecule has 37 heavy (non-hydrogen) atoms. The summed E-state index contributed by atoms with van der Waals surface area (Å²) in [6.45, 7) is 1.43. The Morgan fingerprint density at radius 3 is 2.54 bits per heavy atom. The quantitative estimate of drug-likeness (QED) is 0.477. The van der Waals surface area contributed by atoms with Crippen LogP contribution in [-0.2, 0) is 9.59 Å². The number of amides is 3. The number of para-hydroxylation sites is 1. The molecule has 0 bridgehead atoms. The lowest BCUT2D eigenvalue weighted by Crippen LogP contribution is -2.52. The van der Waals surface area contributed by atoms with Crippen molar-refractivity contribution in [1.29, 1.82) is 0 Å². The van der Waals surface area contributed by atoms with Crippen LogP contribution >= 0.6 is 0 Å². The van der Waals surface area contributed by atoms with Gasteiger partial charge in [-0.25, -0.2) is 14.2 Å². The van der Waals surface area contributed by atoms with Crippen LogP contribution in [0, 0.1) is 5.82 Å². The van der Waals surface area contributed by atoms with Crippen LogP contribution in [0.4, 0.5) is 26.6 Å². The summed E-state index contributed by atoms with van der Waals surface area (Å²) in [6, 6.07) is 8.99. The Hall–Kier alpha value is -4.62. The van der Waals surface area contributed by atoms with Gasteiger partial charge in [-0.05, 0) is 22.6 Å². The SMILES string of the molecule is CN(C)C(=O)Nc1ncc(F)c2c1NCC2C(=O)C(=O)N1CCN(c2nnnn2-c2ccccc2)CC1. The number of fused-ring (bicyclic) bond motifs is 1. The van der Waals surface area contributed by atoms with Crippen molar-refractivity contribution in [2.75, 3.05) is 62.4 Å². The number of aromatic nitrogens is 5. The molecule has 14 heteroatoms. The van der Waals surface area contributed by atoms with E-state index in [1.54, 1.807) is 18.8 Å². The van der Waals surface area contributed by atoms with Crippen LogP contribution in [0.2, 0.25) is 0 Å². The van der Waals surface area contributed by atoms with Crippen molar-refractivity contribution in [3.05, 3.63) is 47.9 Å². The van der Waals surface area contributed by atoms with Crippen LogP contribution in [0.5, 0.6) is 0 Å². The first kappa shape index (κ1) is 24.1. The van der Waals surface area contributed by atoms with Crippen LogP contribution in [0.15, 0.2) is 36.5 Å². The van der Waals surface area contributed by atoms with Crippen molar-refractivity contribution in [1.82, 2.24) is 35.0 Å². The van der Waals surface area contributed by atoms with Gasteiger partial charge in [0.15, 0.2) is 5.82 Å². The van der Waals surface area contributed by atoms with Crippen LogP contribution in [0.1, 0.15) is 11.5 Å². The van der Waals surface area contributed by atoms with Gasteiger partial charge in [-0.15, -0.1) is 0 Å². The first-order valence-electron chi connectivity index (χ1n) is 11.7. The van der Waals surface area contributed by atoms with E-state index in [0.29, 0.717) is 19.0 Å². The number of pyridine rings is 1. The predicted molar refractivity (Wildman–Crippen MR) is 131 cm³/mol. The normalized spacial score (nSPS) is 16.7. The molecule has 0 saturated carbocycles. The molecule has 1 unspecified atom stereocenters. The Morgan fingerprint density at radius 1 is 1.11 bits per heavy atom. The van der Waals surface area contributed by atoms with Crippen molar-refractivity contribution >= 4 is 35.2 Å². The number of urea groups is 1. The second-order valence-corrected chi connectivity index (χ2v) is 8.87. The maximum Gasteiger partial charge on any atom is 0.322 e. The molecule has 1 aromatic carbocycles. The molecule has 2 aromatic heterocycles. The minimum atomic E-state index is -1.02. The van der Waals surface area contributed by atoms with Crippen LogP contribution in [0.3, 0.4) is 0 Å². The molecule has 4 heterocycles. The third-order valence-corrected chi connectivity index (χ3v) is 6.36. The first-order chi connectivity index (χ1) is 17.8. The molecule has 2 aliphatic heterocycles. The van der Waals surface area contributed by atoms with Crippen LogP contribution in [0.25, 0.3) is 5.69 Å². The summed E-state index contributed by atoms with van der Waals surface area (Å²) in [7, 11) is 3.11. The average molecular weight is 509 g/mol. The molecule has 2 aliphatic rings. The fourth-order valence-electron chi connectivity index (χ4n) is 4.39. The standard InChI is InChI=1S/C23H25FN10O3/c1-31(2)23(37)27-20-18-17(16(24)13-26-20)15(12-25-18)19(35)21(36)32-8-10-33(11-9-32)22-28-29-30-34(22)14-6-4-3-5-7-14/h3-7,13,15,25H,8-12H2,1-2H3,(H,26,27,37). The lowest BCUT2D eigenvalue weighted by atomic mass is 9.96. The largest absolute Gasteiger partial charge is 0.381 e. The Labute approximate surface area is 211 Å². The van der Waals surface area contributed by atoms with Gasteiger partial charge in [0.1, 0.15) is 5.82 Å². The van der Waals surface area contributed by atoms with Gasteiger partial charge >= 0.3 is 6.03 Å². The monoisotopic (exact) mass is 508 g/mol. The molecule has 0 radical (unpaired) electrons. The van der Waals surface area contributed by atoms with E-state index in [1.807, 2.05) is 35.2 Å². The highest BCUT2D eigenvalue weighted by Crippen LogP contribution is 2.38. The molecule has 0 aliphatic carbocycles. The Morgan fingerprint density at radius 2 is 1.84 bits per heavy atom. The van der Waals surface area contributed by atoms with Crippen molar-refractivity contribution in [3.8, 4) is 5.69 Å². The van der Waals surface area contributed by atoms with Gasteiger partial charge in [-0.2, -0.15) is 4.68 Å². The highest BCUT2D eigenvalue weighted by Gasteiger charge is 2.39. The van der Waals surface area contributed by atoms with E-state index in [2.05, 4.69) is 31.1 Å². The highest BCUT2D eigenvalue weighted by molar-refractivity contribution is 6.38. The zero-order chi connectivity index (χ0) is 26.1. The first-order valence-corrected chi connectivity index (χ1v) is 11.7. The number of piperazine rings is 1. The minimum absolute atomic E-state index is 0.0270. The van der Waals surface area contributed by atoms with Crippen molar-refractivity contribution in [2.24, 2.45) is 0 Å². The fourth-order valence-corrected chi connectivity index (χ4v) is 4.39. The Kier molecular flexibility index (Phi) is 6.38. The number of nitrogens with zero attached hydrogens (tertiary/aromatic N) is 8. The molecule has 2 N–H and O–H groups in total. The van der Waals surface area contributed by atoms with Crippen LogP contribution in [-0.4, -0.2) is 99.5 Å². The number of carbonyl (C=O) groups is 3. The summed E-state index contributed by atoms with van der Waals surface area (Å²) in [4.78, 5) is 47.0. The van der Waals surface area contributed by atoms with Gasteiger partial charge in [0, 0.05) is 52.4 Å². The van der Waals surface area contributed by atoms with Gasteiger partial charge in [0.25, 0.3) is 5.91 Å². The summed E-state index contributed by atoms with van der Waals surface area (Å²) in [6.07, 6.45) is 0.942. The number of Topliss-reactive ketones (excluding diaryl/α,β-unsaturated/α-hetero) is 1. The van der Waals surface area contributed by atoms with E-state index in [0.717, 1.165) is 11.9 Å². The minimum Gasteiger partial charge on any atom is -0.381 e. The van der Waals surface area contributed by atoms with E-state index in [4.69, 9.17) is 0 Å². The van der Waals surface area contributed by atoms with Gasteiger partial charge in [0.2, 0.25) is 11.7 Å². The molecule has 1 atom stereocenters. The van der Waals surface area contributed by atoms with E-state index in [1.165, 1.54) is 9.80 Å². The Bertz CT molecular complexity index is 1340. The predicted octanol–water partition coefficient (Wildman–Crippen LogP) is 0.717. The van der Waals surface area contributed by atoms with Gasteiger partial charge in [-0.3, -0.25) is 14.9 Å². The number of carbonyl (C=O) groups excluding carboxylic acids is 3. The van der Waals surface area contributed by atoms with E-state index >= 15 is 0 Å². The van der Waals surface area contributed by atoms with E-state index in [-0.39, 0.29) is 36.7 Å². The lowest BCUT2D eigenvalue weighted by molar-refractivity contribution is -0.145. The highest BCUT2D eigenvalue weighted by atomic mass is 19.1. The fraction of sp³-hybridized carbons (Fsp3) is 0.348. The maximum absolute atomic E-state index is 14.7. The summed E-state index contributed by atoms with van der Waals surface area (Å²) >= 11 is 0. The Balaban J connectivity index is 1.27. The average Bonchev–Trinajstić information content (AvgIpc) is 3.59. The van der Waals surface area contributed by atoms with Gasteiger partial charge in [0.05, 0.1) is 23.5 Å². The van der Waals surface area contributed by atoms with Crippen molar-refractivity contribution in [3.63, 3.8) is 0 Å². The number of hydrogen-bond acceptors (Lipinski definition) is 9. The number of ketones is 1. The number of tetrazole rings is 1. The molecule has 5 rings (SSSR count). The lowest BCUT2D eigenvalue weighted by Gasteiger charge is -2.34. The zero-order valence-electron chi connectivity index (χ0n) is 20.3. The summed E-state index contributed by atoms with van der Waals surface area (Å²) in [5.41, 5.74) is 1.04. The van der Waals surface area contributed by atoms with Crippen LogP contribution < -0.4 is 15.5 Å². The topological polar surface area (TPSA) is 141 Å². The molecule has 1 saturated heterocycles. The third kappa shape index (κ3) is 4.52. The number of anilines is 3. The molecular weight excluding hydrogens is 483 g/mol. The summed E-state index contributed by atoms with van der Waals surface area (Å²) in [5, 5.41) is 17.5. The molecule has 13 nitrogen and oxygen atoms in total. The van der Waals surface area contributed by atoms with Crippen molar-refractivity contribution < 1.29 is 18.8 Å². The molecular formula is C23H25FN10O3. The third-order valence-electron chi connectivity index (χ3n) is 6.36. The van der Waals surface area contributed by atoms with E-state index in [9.17, 15) is 18.8 Å². The number of nitrogens with one attached hydrogen (secondary N) is 2. The second kappa shape index (κ2) is 9.79. The zero-order valence-corrected chi connectivity index (χ0v) is 20.3. The van der Waals surface area contributed by atoms with Gasteiger partial charge in [-0.1, -0.05) is 23.3 Å². The number of rotatable bonds is 5. The summed E-state index contributed by atoms with van der Waals surface area (Å²) in [5.74, 6) is -2.50. The molecule has 3 aromatic rings. The number of halogens is 1. The number of benzene rings is 1. The molecule has 3 amide bonds. The van der Waals surface area contributed by atoms with E-state index < -0.39 is 29.5 Å².